The fourth-order valence-electron chi connectivity index (χ4n) is 3.96. The van der Waals surface area contributed by atoms with E-state index in [4.69, 9.17) is 9.15 Å². The number of ether oxygens (including phenoxy) is 1. The molecule has 0 atom stereocenters. The lowest BCUT2D eigenvalue weighted by molar-refractivity contribution is -0.142. The van der Waals surface area contributed by atoms with E-state index in [0.29, 0.717) is 26.3 Å². The SMILES string of the molecule is O=C(N(CCc1cccs1)Cc1ccoc1)C1(c2ccccc2)CCOCC1. The summed E-state index contributed by atoms with van der Waals surface area (Å²) in [4.78, 5) is 17.2. The Balaban J connectivity index is 1.62. The van der Waals surface area contributed by atoms with Crippen LogP contribution in [0.15, 0.2) is 70.9 Å². The summed E-state index contributed by atoms with van der Waals surface area (Å²) in [5, 5.41) is 2.08. The number of carbonyl (C=O) groups is 1. The first-order valence-electron chi connectivity index (χ1n) is 9.74. The molecule has 0 N–H and O–H groups in total. The zero-order valence-corrected chi connectivity index (χ0v) is 16.7. The maximum atomic E-state index is 13.9. The number of nitrogens with zero attached hydrogens (tertiary/aromatic N) is 1. The highest BCUT2D eigenvalue weighted by Crippen LogP contribution is 2.37. The first kappa shape index (κ1) is 19.0. The van der Waals surface area contributed by atoms with Crippen molar-refractivity contribution in [1.82, 2.24) is 4.90 Å². The second-order valence-electron chi connectivity index (χ2n) is 7.25. The summed E-state index contributed by atoms with van der Waals surface area (Å²) < 4.78 is 10.9. The Morgan fingerprint density at radius 2 is 1.89 bits per heavy atom. The maximum Gasteiger partial charge on any atom is 0.233 e. The minimum absolute atomic E-state index is 0.194. The smallest absolute Gasteiger partial charge is 0.233 e. The van der Waals surface area contributed by atoms with E-state index in [1.807, 2.05) is 29.2 Å². The molecule has 0 aliphatic carbocycles. The van der Waals surface area contributed by atoms with E-state index >= 15 is 0 Å². The molecule has 0 bridgehead atoms. The van der Waals surface area contributed by atoms with E-state index in [2.05, 4.69) is 29.6 Å². The second-order valence-corrected chi connectivity index (χ2v) is 8.28. The van der Waals surface area contributed by atoms with Gasteiger partial charge in [0.05, 0.1) is 17.9 Å². The van der Waals surface area contributed by atoms with Gasteiger partial charge in [-0.1, -0.05) is 36.4 Å². The number of furan rings is 1. The Kier molecular flexibility index (Phi) is 5.93. The van der Waals surface area contributed by atoms with Crippen molar-refractivity contribution in [3.05, 3.63) is 82.4 Å². The van der Waals surface area contributed by atoms with Gasteiger partial charge in [-0.05, 0) is 42.3 Å². The van der Waals surface area contributed by atoms with Crippen LogP contribution in [0.25, 0.3) is 0 Å². The van der Waals surface area contributed by atoms with Crippen LogP contribution in [0, 0.1) is 0 Å². The highest BCUT2D eigenvalue weighted by molar-refractivity contribution is 7.09. The number of carbonyl (C=O) groups excluding carboxylic acids is 1. The van der Waals surface area contributed by atoms with Crippen molar-refractivity contribution in [2.45, 2.75) is 31.2 Å². The lowest BCUT2D eigenvalue weighted by Gasteiger charge is -2.40. The van der Waals surface area contributed by atoms with Gasteiger partial charge in [-0.15, -0.1) is 11.3 Å². The lowest BCUT2D eigenvalue weighted by Crippen LogP contribution is -2.50. The van der Waals surface area contributed by atoms with Crippen LogP contribution in [-0.2, 0) is 27.9 Å². The molecule has 28 heavy (non-hydrogen) atoms. The molecule has 1 aromatic carbocycles. The summed E-state index contributed by atoms with van der Waals surface area (Å²) in [7, 11) is 0. The molecular formula is C23H25NO3S. The van der Waals surface area contributed by atoms with Gasteiger partial charge >= 0.3 is 0 Å². The molecule has 4 nitrogen and oxygen atoms in total. The maximum absolute atomic E-state index is 13.9. The van der Waals surface area contributed by atoms with Gasteiger partial charge in [-0.3, -0.25) is 4.79 Å². The number of hydrogen-bond donors (Lipinski definition) is 0. The molecule has 1 amide bonds. The summed E-state index contributed by atoms with van der Waals surface area (Å²) >= 11 is 1.74. The third kappa shape index (κ3) is 4.05. The Hall–Kier alpha value is -2.37. The molecular weight excluding hydrogens is 370 g/mol. The summed E-state index contributed by atoms with van der Waals surface area (Å²) in [5.41, 5.74) is 1.60. The van der Waals surface area contributed by atoms with E-state index in [-0.39, 0.29) is 5.91 Å². The van der Waals surface area contributed by atoms with Gasteiger partial charge in [0.15, 0.2) is 0 Å². The van der Waals surface area contributed by atoms with Gasteiger partial charge in [0.2, 0.25) is 5.91 Å². The number of amides is 1. The van der Waals surface area contributed by atoms with Gasteiger partial charge in [0.1, 0.15) is 0 Å². The van der Waals surface area contributed by atoms with E-state index in [9.17, 15) is 4.79 Å². The van der Waals surface area contributed by atoms with E-state index in [0.717, 1.165) is 30.4 Å². The predicted molar refractivity (Wildman–Crippen MR) is 110 cm³/mol. The van der Waals surface area contributed by atoms with E-state index < -0.39 is 5.41 Å². The summed E-state index contributed by atoms with van der Waals surface area (Å²) in [6, 6.07) is 16.3. The Morgan fingerprint density at radius 3 is 2.57 bits per heavy atom. The molecule has 146 valence electrons. The van der Waals surface area contributed by atoms with Crippen molar-refractivity contribution in [1.29, 1.82) is 0 Å². The third-order valence-corrected chi connectivity index (χ3v) is 6.47. The largest absolute Gasteiger partial charge is 0.472 e. The van der Waals surface area contributed by atoms with Crippen LogP contribution in [-0.4, -0.2) is 30.6 Å². The van der Waals surface area contributed by atoms with Crippen LogP contribution < -0.4 is 0 Å². The molecule has 0 radical (unpaired) electrons. The molecule has 1 aliphatic heterocycles. The number of thiophene rings is 1. The van der Waals surface area contributed by atoms with Crippen LogP contribution >= 0.6 is 11.3 Å². The van der Waals surface area contributed by atoms with Gasteiger partial charge in [-0.2, -0.15) is 0 Å². The minimum atomic E-state index is -0.515. The van der Waals surface area contributed by atoms with Crippen LogP contribution in [0.4, 0.5) is 0 Å². The van der Waals surface area contributed by atoms with Crippen molar-refractivity contribution in [2.24, 2.45) is 0 Å². The fourth-order valence-corrected chi connectivity index (χ4v) is 4.66. The quantitative estimate of drug-likeness (QED) is 0.584. The first-order valence-corrected chi connectivity index (χ1v) is 10.6. The third-order valence-electron chi connectivity index (χ3n) is 5.53. The predicted octanol–water partition coefficient (Wildman–Crippen LogP) is 4.66. The van der Waals surface area contributed by atoms with E-state index in [1.165, 1.54) is 4.88 Å². The molecule has 0 saturated carbocycles. The van der Waals surface area contributed by atoms with Crippen LogP contribution in [0.1, 0.15) is 28.8 Å². The topological polar surface area (TPSA) is 42.7 Å². The normalized spacial score (nSPS) is 16.0. The second kappa shape index (κ2) is 8.76. The minimum Gasteiger partial charge on any atom is -0.472 e. The number of hydrogen-bond acceptors (Lipinski definition) is 4. The average molecular weight is 396 g/mol. The van der Waals surface area contributed by atoms with Crippen molar-refractivity contribution < 1.29 is 13.9 Å². The monoisotopic (exact) mass is 395 g/mol. The Bertz CT molecular complexity index is 853. The molecule has 1 aliphatic rings. The van der Waals surface area contributed by atoms with Crippen molar-refractivity contribution in [2.75, 3.05) is 19.8 Å². The molecule has 5 heteroatoms. The van der Waals surface area contributed by atoms with Crippen molar-refractivity contribution >= 4 is 17.2 Å². The molecule has 3 heterocycles. The summed E-state index contributed by atoms with van der Waals surface area (Å²) in [6.45, 7) is 2.49. The molecule has 1 fully saturated rings. The van der Waals surface area contributed by atoms with Crippen LogP contribution in [0.2, 0.25) is 0 Å². The van der Waals surface area contributed by atoms with Crippen molar-refractivity contribution in [3.8, 4) is 0 Å². The number of rotatable bonds is 7. The van der Waals surface area contributed by atoms with Gasteiger partial charge < -0.3 is 14.1 Å². The Labute approximate surface area is 169 Å². The van der Waals surface area contributed by atoms with E-state index in [1.54, 1.807) is 23.9 Å². The first-order chi connectivity index (χ1) is 13.8. The van der Waals surface area contributed by atoms with Gasteiger partial charge in [0.25, 0.3) is 0 Å². The van der Waals surface area contributed by atoms with Crippen LogP contribution in [0.5, 0.6) is 0 Å². The van der Waals surface area contributed by atoms with Gasteiger partial charge in [-0.25, -0.2) is 0 Å². The van der Waals surface area contributed by atoms with Gasteiger partial charge in [0, 0.05) is 36.7 Å². The fraction of sp³-hybridized carbons (Fsp3) is 0.348. The molecule has 2 aromatic heterocycles. The summed E-state index contributed by atoms with van der Waals surface area (Å²) in [5.74, 6) is 0.194. The lowest BCUT2D eigenvalue weighted by atomic mass is 9.73. The zero-order chi connectivity index (χ0) is 19.2. The highest BCUT2D eigenvalue weighted by Gasteiger charge is 2.43. The van der Waals surface area contributed by atoms with Crippen LogP contribution in [0.3, 0.4) is 0 Å². The average Bonchev–Trinajstić information content (AvgIpc) is 3.46. The highest BCUT2D eigenvalue weighted by atomic mass is 32.1. The van der Waals surface area contributed by atoms with Crippen molar-refractivity contribution in [3.63, 3.8) is 0 Å². The molecule has 0 spiro atoms. The molecule has 1 saturated heterocycles. The molecule has 4 rings (SSSR count). The molecule has 0 unspecified atom stereocenters. The number of benzene rings is 1. The molecule has 3 aromatic rings. The summed E-state index contributed by atoms with van der Waals surface area (Å²) in [6.07, 6.45) is 5.69. The zero-order valence-electron chi connectivity index (χ0n) is 15.9. The standard InChI is InChI=1S/C23H25NO3S/c25-22(23(10-14-26-15-11-23)20-5-2-1-3-6-20)24(17-19-9-13-27-18-19)12-8-21-7-4-16-28-21/h1-7,9,13,16,18H,8,10-12,14-15,17H2. The Morgan fingerprint density at radius 1 is 1.07 bits per heavy atom.